The molecule has 9 nitrogen and oxygen atoms in total. The molecular weight excluding hydrogens is 574 g/mol. The largest absolute Gasteiger partial charge is 0.370 e. The van der Waals surface area contributed by atoms with Gasteiger partial charge in [0.25, 0.3) is 5.91 Å². The minimum absolute atomic E-state index is 0.0141. The molecule has 0 saturated carbocycles. The number of ether oxygens (including phenoxy) is 1. The van der Waals surface area contributed by atoms with Gasteiger partial charge in [0.05, 0.1) is 18.5 Å². The number of carbonyl (C=O) groups excluding carboxylic acids is 1. The summed E-state index contributed by atoms with van der Waals surface area (Å²) in [4.78, 5) is 26.9. The number of hydrogen-bond donors (Lipinski definition) is 0. The van der Waals surface area contributed by atoms with Gasteiger partial charge in [-0.25, -0.2) is 22.7 Å². The van der Waals surface area contributed by atoms with E-state index in [-0.39, 0.29) is 24.2 Å². The predicted molar refractivity (Wildman–Crippen MR) is 164 cm³/mol. The van der Waals surface area contributed by atoms with Crippen LogP contribution in [0.15, 0.2) is 30.6 Å². The molecule has 2 atom stereocenters. The zero-order chi connectivity index (χ0) is 29.9. The molecule has 0 bridgehead atoms. The summed E-state index contributed by atoms with van der Waals surface area (Å²) in [6.07, 6.45) is 11.4. The number of hydrogen-bond acceptors (Lipinski definition) is 7. The zero-order valence-electron chi connectivity index (χ0n) is 25.0. The van der Waals surface area contributed by atoms with Crippen LogP contribution in [0.4, 0.5) is 0 Å². The number of rotatable bonds is 8. The molecule has 0 N–H and O–H groups in total. The maximum Gasteiger partial charge on any atom is 0.272 e. The van der Waals surface area contributed by atoms with Crippen molar-refractivity contribution in [3.05, 3.63) is 58.1 Å². The molecule has 4 heterocycles. The summed E-state index contributed by atoms with van der Waals surface area (Å²) in [5.41, 5.74) is 3.46. The lowest BCUT2D eigenvalue weighted by Crippen LogP contribution is -2.52. The van der Waals surface area contributed by atoms with Gasteiger partial charge >= 0.3 is 0 Å². The topological polar surface area (TPSA) is 95.9 Å². The van der Waals surface area contributed by atoms with Gasteiger partial charge in [0, 0.05) is 48.5 Å². The number of aryl methyl sites for hydroxylation is 1. The maximum atomic E-state index is 13.5. The molecule has 42 heavy (non-hydrogen) atoms. The van der Waals surface area contributed by atoms with Gasteiger partial charge in [-0.1, -0.05) is 23.7 Å². The van der Waals surface area contributed by atoms with Crippen molar-refractivity contribution in [1.29, 1.82) is 0 Å². The minimum atomic E-state index is -3.17. The average molecular weight is 618 g/mol. The van der Waals surface area contributed by atoms with Gasteiger partial charge in [0.2, 0.25) is 10.0 Å². The Labute approximate surface area is 255 Å². The van der Waals surface area contributed by atoms with Crippen LogP contribution in [0.25, 0.3) is 0 Å². The normalized spacial score (nSPS) is 23.4. The fourth-order valence-corrected chi connectivity index (χ4v) is 7.63. The van der Waals surface area contributed by atoms with E-state index in [1.807, 2.05) is 36.1 Å². The highest BCUT2D eigenvalue weighted by molar-refractivity contribution is 7.88. The predicted octanol–water partition coefficient (Wildman–Crippen LogP) is 4.64. The first-order valence-corrected chi connectivity index (χ1v) is 17.5. The molecule has 5 rings (SSSR count). The van der Waals surface area contributed by atoms with Crippen molar-refractivity contribution in [1.82, 2.24) is 24.1 Å². The summed E-state index contributed by atoms with van der Waals surface area (Å²) >= 11 is 6.06. The Balaban J connectivity index is 1.11. The zero-order valence-corrected chi connectivity index (χ0v) is 26.6. The Morgan fingerprint density at radius 1 is 1.02 bits per heavy atom. The second-order valence-electron chi connectivity index (χ2n) is 12.1. The molecule has 0 spiro atoms. The number of carbonyl (C=O) groups is 1. The maximum absolute atomic E-state index is 13.5. The van der Waals surface area contributed by atoms with Crippen LogP contribution in [0.3, 0.4) is 0 Å². The lowest BCUT2D eigenvalue weighted by atomic mass is 9.95. The number of halogens is 1. The van der Waals surface area contributed by atoms with Gasteiger partial charge in [-0.3, -0.25) is 4.79 Å². The van der Waals surface area contributed by atoms with Gasteiger partial charge in [-0.2, -0.15) is 0 Å². The Kier molecular flexibility index (Phi) is 10.2. The van der Waals surface area contributed by atoms with Crippen LogP contribution in [0.1, 0.15) is 84.8 Å². The molecule has 1 aromatic carbocycles. The van der Waals surface area contributed by atoms with Crippen LogP contribution in [-0.4, -0.2) is 96.1 Å². The number of amides is 1. The number of likely N-dealkylation sites (tertiary alicyclic amines) is 2. The van der Waals surface area contributed by atoms with Crippen molar-refractivity contribution in [3.8, 4) is 0 Å². The van der Waals surface area contributed by atoms with Crippen molar-refractivity contribution in [3.63, 3.8) is 0 Å². The molecule has 1 aromatic heterocycles. The summed E-state index contributed by atoms with van der Waals surface area (Å²) in [5.74, 6) is -0.0141. The number of aromatic nitrogens is 2. The fraction of sp³-hybridized carbons (Fsp3) is 0.645. The average Bonchev–Trinajstić information content (AvgIpc) is 3.00. The summed E-state index contributed by atoms with van der Waals surface area (Å²) < 4.78 is 31.8. The SMILES string of the molecule is Cc1c(CCC2CCCC(c3ccc(Cl)cc3)O2)ncnc1C(=O)N1CCC(N2CCC(N(C)S(C)(=O)=O)CC2)CC1. The second-order valence-corrected chi connectivity index (χ2v) is 14.6. The molecule has 230 valence electrons. The Hall–Kier alpha value is -2.11. The molecule has 0 aliphatic carbocycles. The molecule has 1 amide bonds. The third-order valence-electron chi connectivity index (χ3n) is 9.49. The van der Waals surface area contributed by atoms with Crippen molar-refractivity contribution < 1.29 is 17.9 Å². The van der Waals surface area contributed by atoms with Crippen LogP contribution in [0, 0.1) is 6.92 Å². The first-order valence-electron chi connectivity index (χ1n) is 15.3. The van der Waals surface area contributed by atoms with Crippen LogP contribution in [0.5, 0.6) is 0 Å². The number of piperidine rings is 2. The first-order chi connectivity index (χ1) is 20.1. The quantitative estimate of drug-likeness (QED) is 0.426. The number of nitrogens with zero attached hydrogens (tertiary/aromatic N) is 5. The Bertz CT molecular complexity index is 1330. The summed E-state index contributed by atoms with van der Waals surface area (Å²) in [6.45, 7) is 5.15. The van der Waals surface area contributed by atoms with E-state index in [0.29, 0.717) is 24.8 Å². The standard InChI is InChI=1S/C31H44ClN5O4S/c1-22-28(12-11-27-5-4-6-29(41-27)23-7-9-24(32)10-8-23)33-21-34-30(22)31(38)37-19-15-26(16-20-37)36-17-13-25(14-18-36)35(2)42(3,39)40/h7-10,21,25-27,29H,4-6,11-20H2,1-3H3. The minimum Gasteiger partial charge on any atom is -0.370 e. The first kappa shape index (κ1) is 31.3. The lowest BCUT2D eigenvalue weighted by molar-refractivity contribution is -0.0547. The summed E-state index contributed by atoms with van der Waals surface area (Å²) in [5, 5.41) is 0.733. The molecule has 3 fully saturated rings. The van der Waals surface area contributed by atoms with Gasteiger partial charge < -0.3 is 14.5 Å². The third kappa shape index (κ3) is 7.50. The smallest absolute Gasteiger partial charge is 0.272 e. The monoisotopic (exact) mass is 617 g/mol. The van der Waals surface area contributed by atoms with Gasteiger partial charge in [0.1, 0.15) is 12.0 Å². The molecule has 11 heteroatoms. The summed E-state index contributed by atoms with van der Waals surface area (Å²) in [6, 6.07) is 8.43. The Morgan fingerprint density at radius 2 is 1.71 bits per heavy atom. The van der Waals surface area contributed by atoms with E-state index in [4.69, 9.17) is 16.3 Å². The highest BCUT2D eigenvalue weighted by Gasteiger charge is 2.33. The van der Waals surface area contributed by atoms with Crippen LogP contribution < -0.4 is 0 Å². The molecule has 3 aliphatic rings. The van der Waals surface area contributed by atoms with Crippen LogP contribution in [-0.2, 0) is 21.2 Å². The molecule has 3 saturated heterocycles. The molecule has 2 unspecified atom stereocenters. The third-order valence-corrected chi connectivity index (χ3v) is 11.1. The molecule has 3 aliphatic heterocycles. The van der Waals surface area contributed by atoms with Crippen molar-refractivity contribution in [2.75, 3.05) is 39.5 Å². The van der Waals surface area contributed by atoms with Gasteiger partial charge in [0.15, 0.2) is 0 Å². The molecule has 2 aromatic rings. The van der Waals surface area contributed by atoms with E-state index in [2.05, 4.69) is 14.9 Å². The van der Waals surface area contributed by atoms with E-state index < -0.39 is 10.0 Å². The molecule has 0 radical (unpaired) electrons. The van der Waals surface area contributed by atoms with E-state index >= 15 is 0 Å². The number of sulfonamides is 1. The van der Waals surface area contributed by atoms with E-state index in [0.717, 1.165) is 87.2 Å². The molecular formula is C31H44ClN5O4S. The van der Waals surface area contributed by atoms with Gasteiger partial charge in [-0.05, 0) is 95.5 Å². The Morgan fingerprint density at radius 3 is 2.38 bits per heavy atom. The highest BCUT2D eigenvalue weighted by atomic mass is 35.5. The van der Waals surface area contributed by atoms with Crippen LogP contribution >= 0.6 is 11.6 Å². The second kappa shape index (κ2) is 13.7. The lowest BCUT2D eigenvalue weighted by Gasteiger charge is -2.43. The van der Waals surface area contributed by atoms with Crippen molar-refractivity contribution in [2.24, 2.45) is 0 Å². The van der Waals surface area contributed by atoms with Crippen molar-refractivity contribution >= 4 is 27.5 Å². The highest BCUT2D eigenvalue weighted by Crippen LogP contribution is 2.33. The van der Waals surface area contributed by atoms with E-state index in [9.17, 15) is 13.2 Å². The van der Waals surface area contributed by atoms with E-state index in [1.165, 1.54) is 22.5 Å². The van der Waals surface area contributed by atoms with Gasteiger partial charge in [-0.15, -0.1) is 0 Å². The number of benzene rings is 1. The fourth-order valence-electron chi connectivity index (χ4n) is 6.76. The van der Waals surface area contributed by atoms with Crippen LogP contribution in [0.2, 0.25) is 5.02 Å². The van der Waals surface area contributed by atoms with Crippen molar-refractivity contribution in [2.45, 2.75) is 89.0 Å². The summed E-state index contributed by atoms with van der Waals surface area (Å²) in [7, 11) is -1.49. The van der Waals surface area contributed by atoms with E-state index in [1.54, 1.807) is 7.05 Å².